The standard InChI is InChI=1S/C13H14ClFN2O/c1-2-12-11(8-18)13(14)17(16-12)7-9-4-3-5-10(15)6-9/h3-6,18H,2,7-8H2,1H3. The molecule has 3 nitrogen and oxygen atoms in total. The van der Waals surface area contributed by atoms with Crippen molar-refractivity contribution in [2.75, 3.05) is 0 Å². The highest BCUT2D eigenvalue weighted by Gasteiger charge is 2.14. The number of halogens is 2. The van der Waals surface area contributed by atoms with E-state index in [2.05, 4.69) is 5.10 Å². The van der Waals surface area contributed by atoms with Crippen molar-refractivity contribution in [1.29, 1.82) is 0 Å². The first-order valence-corrected chi connectivity index (χ1v) is 6.12. The number of hydrogen-bond donors (Lipinski definition) is 1. The monoisotopic (exact) mass is 268 g/mol. The largest absolute Gasteiger partial charge is 0.391 e. The van der Waals surface area contributed by atoms with E-state index < -0.39 is 0 Å². The lowest BCUT2D eigenvalue weighted by Gasteiger charge is -2.03. The number of hydrogen-bond acceptors (Lipinski definition) is 2. The van der Waals surface area contributed by atoms with Gasteiger partial charge in [-0.2, -0.15) is 5.10 Å². The fourth-order valence-electron chi connectivity index (χ4n) is 1.88. The van der Waals surface area contributed by atoms with E-state index in [9.17, 15) is 9.50 Å². The average Bonchev–Trinajstić information content (AvgIpc) is 2.66. The van der Waals surface area contributed by atoms with E-state index in [4.69, 9.17) is 11.6 Å². The van der Waals surface area contributed by atoms with Crippen LogP contribution in [0.4, 0.5) is 4.39 Å². The first-order chi connectivity index (χ1) is 8.65. The minimum absolute atomic E-state index is 0.134. The Morgan fingerprint density at radius 1 is 1.44 bits per heavy atom. The molecule has 1 heterocycles. The molecule has 0 atom stereocenters. The molecule has 18 heavy (non-hydrogen) atoms. The van der Waals surface area contributed by atoms with Crippen LogP contribution in [-0.2, 0) is 19.6 Å². The van der Waals surface area contributed by atoms with Crippen LogP contribution >= 0.6 is 11.6 Å². The fourth-order valence-corrected chi connectivity index (χ4v) is 2.14. The molecular formula is C13H14ClFN2O. The SMILES string of the molecule is CCc1nn(Cc2cccc(F)c2)c(Cl)c1CO. The van der Waals surface area contributed by atoms with Gasteiger partial charge in [0.25, 0.3) is 0 Å². The van der Waals surface area contributed by atoms with Gasteiger partial charge in [-0.15, -0.1) is 0 Å². The Morgan fingerprint density at radius 3 is 2.78 bits per heavy atom. The van der Waals surface area contributed by atoms with Gasteiger partial charge in [-0.05, 0) is 24.1 Å². The maximum atomic E-state index is 13.1. The fraction of sp³-hybridized carbons (Fsp3) is 0.308. The Kier molecular flexibility index (Phi) is 3.99. The summed E-state index contributed by atoms with van der Waals surface area (Å²) in [6.45, 7) is 2.21. The maximum Gasteiger partial charge on any atom is 0.133 e. The zero-order valence-electron chi connectivity index (χ0n) is 10.0. The van der Waals surface area contributed by atoms with E-state index in [-0.39, 0.29) is 12.4 Å². The predicted molar refractivity (Wildman–Crippen MR) is 68.0 cm³/mol. The summed E-state index contributed by atoms with van der Waals surface area (Å²) in [5.74, 6) is -0.283. The third-order valence-corrected chi connectivity index (χ3v) is 3.20. The van der Waals surface area contributed by atoms with Crippen LogP contribution < -0.4 is 0 Å². The summed E-state index contributed by atoms with van der Waals surface area (Å²) in [7, 11) is 0. The summed E-state index contributed by atoms with van der Waals surface area (Å²) in [6, 6.07) is 6.30. The average molecular weight is 269 g/mol. The smallest absolute Gasteiger partial charge is 0.133 e. The summed E-state index contributed by atoms with van der Waals surface area (Å²) in [5, 5.41) is 14.0. The molecule has 0 amide bonds. The van der Waals surface area contributed by atoms with E-state index in [1.165, 1.54) is 12.1 Å². The summed E-state index contributed by atoms with van der Waals surface area (Å²) < 4.78 is 14.7. The van der Waals surface area contributed by atoms with Crippen molar-refractivity contribution in [2.24, 2.45) is 0 Å². The second kappa shape index (κ2) is 5.50. The van der Waals surface area contributed by atoms with Crippen molar-refractivity contribution in [1.82, 2.24) is 9.78 Å². The zero-order chi connectivity index (χ0) is 13.1. The highest BCUT2D eigenvalue weighted by atomic mass is 35.5. The normalized spacial score (nSPS) is 10.9. The Balaban J connectivity index is 2.32. The molecule has 0 saturated carbocycles. The first kappa shape index (κ1) is 13.1. The van der Waals surface area contributed by atoms with Crippen LogP contribution in [0.1, 0.15) is 23.7 Å². The molecule has 1 aromatic carbocycles. The number of aliphatic hydroxyl groups excluding tert-OH is 1. The van der Waals surface area contributed by atoms with Gasteiger partial charge in [-0.3, -0.25) is 0 Å². The molecule has 5 heteroatoms. The number of benzene rings is 1. The van der Waals surface area contributed by atoms with Gasteiger partial charge in [0.2, 0.25) is 0 Å². The summed E-state index contributed by atoms with van der Waals surface area (Å²) in [5.41, 5.74) is 2.21. The summed E-state index contributed by atoms with van der Waals surface area (Å²) in [4.78, 5) is 0. The Morgan fingerprint density at radius 2 is 2.22 bits per heavy atom. The van der Waals surface area contributed by atoms with Crippen LogP contribution in [0.25, 0.3) is 0 Å². The number of aromatic nitrogens is 2. The van der Waals surface area contributed by atoms with Gasteiger partial charge in [-0.1, -0.05) is 30.7 Å². The molecule has 2 rings (SSSR count). The molecule has 1 aromatic heterocycles. The first-order valence-electron chi connectivity index (χ1n) is 5.75. The lowest BCUT2D eigenvalue weighted by Crippen LogP contribution is -2.02. The lowest BCUT2D eigenvalue weighted by atomic mass is 10.2. The van der Waals surface area contributed by atoms with Crippen LogP contribution in [0, 0.1) is 5.82 Å². The van der Waals surface area contributed by atoms with E-state index >= 15 is 0 Å². The minimum Gasteiger partial charge on any atom is -0.391 e. The van der Waals surface area contributed by atoms with Gasteiger partial charge in [0.1, 0.15) is 11.0 Å². The van der Waals surface area contributed by atoms with Gasteiger partial charge < -0.3 is 5.11 Å². The van der Waals surface area contributed by atoms with E-state index in [0.29, 0.717) is 23.7 Å². The molecule has 0 aliphatic heterocycles. The Labute approximate surface area is 110 Å². The van der Waals surface area contributed by atoms with E-state index in [1.54, 1.807) is 10.7 Å². The third-order valence-electron chi connectivity index (χ3n) is 2.78. The summed E-state index contributed by atoms with van der Waals surface area (Å²) >= 11 is 6.14. The van der Waals surface area contributed by atoms with E-state index in [0.717, 1.165) is 11.3 Å². The highest BCUT2D eigenvalue weighted by Crippen LogP contribution is 2.21. The number of nitrogens with zero attached hydrogens (tertiary/aromatic N) is 2. The number of rotatable bonds is 4. The van der Waals surface area contributed by atoms with Gasteiger partial charge in [-0.25, -0.2) is 9.07 Å². The molecule has 0 fully saturated rings. The van der Waals surface area contributed by atoms with Crippen LogP contribution in [-0.4, -0.2) is 14.9 Å². The maximum absolute atomic E-state index is 13.1. The second-order valence-electron chi connectivity index (χ2n) is 4.02. The molecule has 0 aliphatic carbocycles. The molecule has 0 unspecified atom stereocenters. The molecule has 0 radical (unpaired) electrons. The van der Waals surface area contributed by atoms with Gasteiger partial charge in [0.05, 0.1) is 18.8 Å². The van der Waals surface area contributed by atoms with Crippen molar-refractivity contribution in [3.8, 4) is 0 Å². The van der Waals surface area contributed by atoms with Crippen LogP contribution in [0.2, 0.25) is 5.15 Å². The minimum atomic E-state index is -0.283. The molecule has 0 bridgehead atoms. The van der Waals surface area contributed by atoms with Crippen LogP contribution in [0.15, 0.2) is 24.3 Å². The second-order valence-corrected chi connectivity index (χ2v) is 4.37. The van der Waals surface area contributed by atoms with Crippen molar-refractivity contribution in [2.45, 2.75) is 26.5 Å². The quantitative estimate of drug-likeness (QED) is 0.926. The van der Waals surface area contributed by atoms with Crippen molar-refractivity contribution in [3.63, 3.8) is 0 Å². The zero-order valence-corrected chi connectivity index (χ0v) is 10.8. The van der Waals surface area contributed by atoms with Crippen LogP contribution in [0.5, 0.6) is 0 Å². The third kappa shape index (κ3) is 2.54. The Bertz CT molecular complexity index is 554. The van der Waals surface area contributed by atoms with Crippen molar-refractivity contribution >= 4 is 11.6 Å². The Hall–Kier alpha value is -1.39. The molecular weight excluding hydrogens is 255 g/mol. The van der Waals surface area contributed by atoms with Gasteiger partial charge >= 0.3 is 0 Å². The van der Waals surface area contributed by atoms with E-state index in [1.807, 2.05) is 13.0 Å². The van der Waals surface area contributed by atoms with Crippen molar-refractivity contribution < 1.29 is 9.50 Å². The summed E-state index contributed by atoms with van der Waals surface area (Å²) in [6.07, 6.45) is 0.700. The molecule has 96 valence electrons. The lowest BCUT2D eigenvalue weighted by molar-refractivity contribution is 0.280. The molecule has 2 aromatic rings. The topological polar surface area (TPSA) is 38.0 Å². The van der Waals surface area contributed by atoms with Gasteiger partial charge in [0, 0.05) is 5.56 Å². The molecule has 0 saturated heterocycles. The van der Waals surface area contributed by atoms with Crippen LogP contribution in [0.3, 0.4) is 0 Å². The van der Waals surface area contributed by atoms with Gasteiger partial charge in [0.15, 0.2) is 0 Å². The molecule has 0 spiro atoms. The number of aliphatic hydroxyl groups is 1. The predicted octanol–water partition coefficient (Wildman–Crippen LogP) is 2.78. The highest BCUT2D eigenvalue weighted by molar-refractivity contribution is 6.30. The van der Waals surface area contributed by atoms with Crippen molar-refractivity contribution in [3.05, 3.63) is 52.1 Å². The molecule has 0 aliphatic rings. The molecule has 1 N–H and O–H groups in total. The number of aryl methyl sites for hydroxylation is 1.